The van der Waals surface area contributed by atoms with Crippen LogP contribution < -0.4 is 5.32 Å². The van der Waals surface area contributed by atoms with E-state index in [1.54, 1.807) is 0 Å². The van der Waals surface area contributed by atoms with Crippen molar-refractivity contribution < 1.29 is 4.79 Å². The molecule has 2 aromatic heterocycles. The van der Waals surface area contributed by atoms with Gasteiger partial charge in [-0.15, -0.1) is 21.5 Å². The second-order valence-corrected chi connectivity index (χ2v) is 9.04. The Bertz CT molecular complexity index is 1200. The van der Waals surface area contributed by atoms with E-state index < -0.39 is 0 Å². The summed E-state index contributed by atoms with van der Waals surface area (Å²) in [5.74, 6) is 0.897. The molecule has 2 aromatic carbocycles. The van der Waals surface area contributed by atoms with Gasteiger partial charge in [-0.1, -0.05) is 59.3 Å². The van der Waals surface area contributed by atoms with Crippen molar-refractivity contribution in [3.8, 4) is 22.6 Å². The molecule has 0 aliphatic heterocycles. The van der Waals surface area contributed by atoms with Crippen molar-refractivity contribution in [1.82, 2.24) is 19.7 Å². The maximum atomic E-state index is 12.5. The van der Waals surface area contributed by atoms with Gasteiger partial charge in [0, 0.05) is 28.1 Å². The number of nitrogens with one attached hydrogen (secondary N) is 1. The number of thioether (sulfide) groups is 1. The minimum Gasteiger partial charge on any atom is -0.302 e. The number of anilines is 1. The molecule has 0 spiro atoms. The number of rotatable bonds is 7. The number of amides is 1. The van der Waals surface area contributed by atoms with Crippen LogP contribution in [-0.4, -0.2) is 31.4 Å². The molecule has 6 nitrogen and oxygen atoms in total. The highest BCUT2D eigenvalue weighted by Gasteiger charge is 2.15. The van der Waals surface area contributed by atoms with Crippen LogP contribution >= 0.6 is 34.7 Å². The van der Waals surface area contributed by atoms with Gasteiger partial charge in [0.1, 0.15) is 0 Å². The molecule has 9 heteroatoms. The molecule has 158 valence electrons. The summed E-state index contributed by atoms with van der Waals surface area (Å²) < 4.78 is 2.02. The molecule has 4 rings (SSSR count). The highest BCUT2D eigenvalue weighted by molar-refractivity contribution is 7.99. The predicted molar refractivity (Wildman–Crippen MR) is 128 cm³/mol. The number of halogens is 1. The number of nitrogens with zero attached hydrogens (tertiary/aromatic N) is 4. The van der Waals surface area contributed by atoms with Crippen molar-refractivity contribution in [2.75, 3.05) is 11.1 Å². The van der Waals surface area contributed by atoms with E-state index in [0.29, 0.717) is 10.2 Å². The molecule has 31 heavy (non-hydrogen) atoms. The van der Waals surface area contributed by atoms with Gasteiger partial charge in [-0.3, -0.25) is 4.79 Å². The molecular formula is C22H20ClN5OS2. The quantitative estimate of drug-likeness (QED) is 0.347. The number of carbonyl (C=O) groups is 1. The lowest BCUT2D eigenvalue weighted by molar-refractivity contribution is -0.113. The Balaban J connectivity index is 1.40. The predicted octanol–water partition coefficient (Wildman–Crippen LogP) is 5.78. The molecule has 0 radical (unpaired) electrons. The van der Waals surface area contributed by atoms with E-state index in [9.17, 15) is 4.79 Å². The molecule has 0 saturated heterocycles. The summed E-state index contributed by atoms with van der Waals surface area (Å²) in [6.07, 6.45) is 0. The topological polar surface area (TPSA) is 72.7 Å². The Labute approximate surface area is 193 Å². The van der Waals surface area contributed by atoms with Crippen LogP contribution in [0.3, 0.4) is 0 Å². The zero-order chi connectivity index (χ0) is 21.8. The molecule has 0 aliphatic carbocycles. The standard InChI is InChI=1S/C22H20ClN5OS2/c1-3-28-20(16-6-4-5-14(2)11-16)26-27-22(28)31-13-19(29)25-21-24-18(12-30-21)15-7-9-17(23)10-8-15/h4-12H,3,13H2,1-2H3,(H,24,25,29). The normalized spacial score (nSPS) is 10.9. The fourth-order valence-electron chi connectivity index (χ4n) is 3.05. The van der Waals surface area contributed by atoms with Crippen molar-refractivity contribution in [3.63, 3.8) is 0 Å². The smallest absolute Gasteiger partial charge is 0.236 e. The Morgan fingerprint density at radius 2 is 1.97 bits per heavy atom. The maximum Gasteiger partial charge on any atom is 0.236 e. The van der Waals surface area contributed by atoms with Crippen molar-refractivity contribution in [3.05, 3.63) is 64.5 Å². The maximum absolute atomic E-state index is 12.5. The minimum atomic E-state index is -0.134. The molecule has 1 amide bonds. The third kappa shape index (κ3) is 5.15. The number of carbonyl (C=O) groups excluding carboxylic acids is 1. The van der Waals surface area contributed by atoms with Crippen molar-refractivity contribution in [2.24, 2.45) is 0 Å². The number of thiazole rings is 1. The summed E-state index contributed by atoms with van der Waals surface area (Å²) in [7, 11) is 0. The summed E-state index contributed by atoms with van der Waals surface area (Å²) in [5.41, 5.74) is 3.94. The van der Waals surface area contributed by atoms with Crippen LogP contribution in [0.25, 0.3) is 22.6 Å². The molecule has 0 aliphatic rings. The van der Waals surface area contributed by atoms with Gasteiger partial charge < -0.3 is 9.88 Å². The molecule has 0 bridgehead atoms. The fourth-order valence-corrected chi connectivity index (χ4v) is 4.71. The van der Waals surface area contributed by atoms with Gasteiger partial charge >= 0.3 is 0 Å². The van der Waals surface area contributed by atoms with Gasteiger partial charge in [0.25, 0.3) is 0 Å². The highest BCUT2D eigenvalue weighted by atomic mass is 35.5. The number of aryl methyl sites for hydroxylation is 1. The van der Waals surface area contributed by atoms with E-state index in [1.807, 2.05) is 66.3 Å². The SMILES string of the molecule is CCn1c(SCC(=O)Nc2nc(-c3ccc(Cl)cc3)cs2)nnc1-c1cccc(C)c1. The van der Waals surface area contributed by atoms with Crippen LogP contribution in [0.2, 0.25) is 5.02 Å². The van der Waals surface area contributed by atoms with Gasteiger partial charge in [-0.2, -0.15) is 0 Å². The Kier molecular flexibility index (Phi) is 6.70. The van der Waals surface area contributed by atoms with Gasteiger partial charge in [-0.25, -0.2) is 4.98 Å². The van der Waals surface area contributed by atoms with Gasteiger partial charge in [0.2, 0.25) is 5.91 Å². The molecule has 1 N–H and O–H groups in total. The van der Waals surface area contributed by atoms with Crippen molar-refractivity contribution in [1.29, 1.82) is 0 Å². The number of aromatic nitrogens is 4. The largest absolute Gasteiger partial charge is 0.302 e. The molecule has 4 aromatic rings. The zero-order valence-corrected chi connectivity index (χ0v) is 19.4. The first kappa shape index (κ1) is 21.5. The van der Waals surface area contributed by atoms with Gasteiger partial charge in [-0.05, 0) is 32.0 Å². The van der Waals surface area contributed by atoms with E-state index in [4.69, 9.17) is 11.6 Å². The van der Waals surface area contributed by atoms with Crippen LogP contribution in [0.1, 0.15) is 12.5 Å². The highest BCUT2D eigenvalue weighted by Crippen LogP contribution is 2.27. The van der Waals surface area contributed by atoms with Gasteiger partial charge in [0.05, 0.1) is 11.4 Å². The minimum absolute atomic E-state index is 0.134. The molecule has 0 unspecified atom stereocenters. The first-order valence-electron chi connectivity index (χ1n) is 9.68. The van der Waals surface area contributed by atoms with Crippen LogP contribution in [-0.2, 0) is 11.3 Å². The Morgan fingerprint density at radius 1 is 1.16 bits per heavy atom. The monoisotopic (exact) mass is 469 g/mol. The third-order valence-corrected chi connectivity index (χ3v) is 6.51. The van der Waals surface area contributed by atoms with Crippen LogP contribution in [0.4, 0.5) is 5.13 Å². The van der Waals surface area contributed by atoms with E-state index in [0.717, 1.165) is 39.9 Å². The van der Waals surface area contributed by atoms with E-state index >= 15 is 0 Å². The molecule has 2 heterocycles. The molecule has 0 fully saturated rings. The van der Waals surface area contributed by atoms with Crippen LogP contribution in [0.15, 0.2) is 59.1 Å². The Morgan fingerprint density at radius 3 is 2.71 bits per heavy atom. The fraction of sp³-hybridized carbons (Fsp3) is 0.182. The lowest BCUT2D eigenvalue weighted by Gasteiger charge is -2.07. The first-order valence-corrected chi connectivity index (χ1v) is 11.9. The number of hydrogen-bond acceptors (Lipinski definition) is 6. The van der Waals surface area contributed by atoms with Crippen molar-refractivity contribution >= 4 is 45.7 Å². The summed E-state index contributed by atoms with van der Waals surface area (Å²) in [6, 6.07) is 15.6. The first-order chi connectivity index (χ1) is 15.0. The van der Waals surface area contributed by atoms with E-state index in [1.165, 1.54) is 23.1 Å². The van der Waals surface area contributed by atoms with Crippen molar-refractivity contribution in [2.45, 2.75) is 25.5 Å². The average Bonchev–Trinajstić information content (AvgIpc) is 3.39. The lowest BCUT2D eigenvalue weighted by Crippen LogP contribution is -2.14. The van der Waals surface area contributed by atoms with E-state index in [-0.39, 0.29) is 11.7 Å². The van der Waals surface area contributed by atoms with Crippen LogP contribution in [0, 0.1) is 6.92 Å². The number of hydrogen-bond donors (Lipinski definition) is 1. The summed E-state index contributed by atoms with van der Waals surface area (Å²) in [6.45, 7) is 4.81. The van der Waals surface area contributed by atoms with Crippen LogP contribution in [0.5, 0.6) is 0 Å². The molecule has 0 atom stereocenters. The molecule has 0 saturated carbocycles. The van der Waals surface area contributed by atoms with Gasteiger partial charge in [0.15, 0.2) is 16.1 Å². The summed E-state index contributed by atoms with van der Waals surface area (Å²) in [5, 5.41) is 15.4. The zero-order valence-electron chi connectivity index (χ0n) is 17.0. The lowest BCUT2D eigenvalue weighted by atomic mass is 10.1. The summed E-state index contributed by atoms with van der Waals surface area (Å²) >= 11 is 8.69. The molecular weight excluding hydrogens is 450 g/mol. The summed E-state index contributed by atoms with van der Waals surface area (Å²) in [4.78, 5) is 16.9. The Hall–Kier alpha value is -2.68. The second-order valence-electron chi connectivity index (χ2n) is 6.80. The second kappa shape index (κ2) is 9.64. The number of benzene rings is 2. The third-order valence-electron chi connectivity index (χ3n) is 4.53. The van der Waals surface area contributed by atoms with E-state index in [2.05, 4.69) is 26.6 Å². The average molecular weight is 470 g/mol.